The lowest BCUT2D eigenvalue weighted by molar-refractivity contribution is 0.546. The third-order valence-corrected chi connectivity index (χ3v) is 4.22. The molecule has 1 N–H and O–H groups in total. The minimum absolute atomic E-state index is 0.0594. The Balaban J connectivity index is 2.57. The van der Waals surface area contributed by atoms with Crippen LogP contribution < -0.4 is 5.32 Å². The van der Waals surface area contributed by atoms with Gasteiger partial charge < -0.3 is 5.32 Å². The average molecular weight is 303 g/mol. The van der Waals surface area contributed by atoms with Crippen molar-refractivity contribution in [3.63, 3.8) is 0 Å². The predicted octanol–water partition coefficient (Wildman–Crippen LogP) is 4.94. The van der Waals surface area contributed by atoms with E-state index in [1.54, 1.807) is 11.3 Å². The van der Waals surface area contributed by atoms with Crippen molar-refractivity contribution < 1.29 is 0 Å². The molecule has 0 fully saturated rings. The van der Waals surface area contributed by atoms with Crippen LogP contribution in [0.5, 0.6) is 0 Å². The lowest BCUT2D eigenvalue weighted by atomic mass is 9.95. The fourth-order valence-corrected chi connectivity index (χ4v) is 2.80. The number of nitrogens with one attached hydrogen (secondary N) is 1. The number of nitrogens with zero attached hydrogens (tertiary/aromatic N) is 2. The van der Waals surface area contributed by atoms with Crippen LogP contribution in [0.3, 0.4) is 0 Å². The van der Waals surface area contributed by atoms with Crippen molar-refractivity contribution in [3.05, 3.63) is 27.7 Å². The molecule has 2 aromatic rings. The van der Waals surface area contributed by atoms with E-state index in [0.29, 0.717) is 0 Å². The Morgan fingerprint density at radius 1 is 1.19 bits per heavy atom. The summed E-state index contributed by atoms with van der Waals surface area (Å²) >= 11 is 1.76. The Morgan fingerprint density at radius 2 is 1.90 bits per heavy atom. The van der Waals surface area contributed by atoms with Crippen molar-refractivity contribution in [1.82, 2.24) is 9.97 Å². The van der Waals surface area contributed by atoms with Gasteiger partial charge in [-0.2, -0.15) is 0 Å². The monoisotopic (exact) mass is 303 g/mol. The number of aromatic nitrogens is 2. The van der Waals surface area contributed by atoms with Crippen molar-refractivity contribution in [2.75, 3.05) is 11.9 Å². The van der Waals surface area contributed by atoms with Gasteiger partial charge >= 0.3 is 0 Å². The molecule has 0 aliphatic carbocycles. The zero-order valence-corrected chi connectivity index (χ0v) is 14.7. The molecule has 21 heavy (non-hydrogen) atoms. The Bertz CT molecular complexity index is 623. The Kier molecular flexibility index (Phi) is 4.67. The Morgan fingerprint density at radius 3 is 2.43 bits per heavy atom. The van der Waals surface area contributed by atoms with Gasteiger partial charge in [0.05, 0.1) is 5.69 Å². The first-order chi connectivity index (χ1) is 9.82. The summed E-state index contributed by atoms with van der Waals surface area (Å²) in [6.07, 6.45) is 1.08. The molecule has 0 aromatic carbocycles. The number of rotatable bonds is 4. The molecule has 0 spiro atoms. The highest BCUT2D eigenvalue weighted by atomic mass is 32.1. The molecule has 2 rings (SSSR count). The van der Waals surface area contributed by atoms with Crippen LogP contribution in [0.1, 0.15) is 50.4 Å². The van der Waals surface area contributed by atoms with Gasteiger partial charge in [-0.3, -0.25) is 0 Å². The van der Waals surface area contributed by atoms with E-state index >= 15 is 0 Å². The molecule has 0 radical (unpaired) electrons. The summed E-state index contributed by atoms with van der Waals surface area (Å²) in [6, 6.07) is 2.20. The van der Waals surface area contributed by atoms with Crippen LogP contribution in [0.2, 0.25) is 0 Å². The topological polar surface area (TPSA) is 37.8 Å². The molecule has 0 aliphatic heterocycles. The van der Waals surface area contributed by atoms with E-state index in [4.69, 9.17) is 9.97 Å². The fraction of sp³-hybridized carbons (Fsp3) is 0.529. The predicted molar refractivity (Wildman–Crippen MR) is 92.3 cm³/mol. The van der Waals surface area contributed by atoms with E-state index < -0.39 is 0 Å². The molecule has 3 nitrogen and oxygen atoms in total. The summed E-state index contributed by atoms with van der Waals surface area (Å²) in [5.74, 6) is 1.86. The second-order valence-electron chi connectivity index (χ2n) is 6.49. The molecule has 114 valence electrons. The first kappa shape index (κ1) is 16.0. The number of aryl methyl sites for hydroxylation is 1. The van der Waals surface area contributed by atoms with Crippen molar-refractivity contribution in [2.24, 2.45) is 0 Å². The molecule has 0 aliphatic rings. The molecule has 2 aromatic heterocycles. The second-order valence-corrected chi connectivity index (χ2v) is 7.61. The molecular weight excluding hydrogens is 278 g/mol. The van der Waals surface area contributed by atoms with Gasteiger partial charge in [0, 0.05) is 33.3 Å². The summed E-state index contributed by atoms with van der Waals surface area (Å²) in [5, 5.41) is 5.63. The fourth-order valence-electron chi connectivity index (χ4n) is 2.12. The maximum atomic E-state index is 4.85. The largest absolute Gasteiger partial charge is 0.370 e. The van der Waals surface area contributed by atoms with Gasteiger partial charge in [0.1, 0.15) is 11.6 Å². The maximum Gasteiger partial charge on any atom is 0.136 e. The van der Waals surface area contributed by atoms with Gasteiger partial charge in [-0.05, 0) is 26.3 Å². The summed E-state index contributed by atoms with van der Waals surface area (Å²) in [5.41, 5.74) is 3.32. The first-order valence-corrected chi connectivity index (χ1v) is 8.39. The SMILES string of the molecule is CCCNc1nc(C(C)(C)C)nc(-c2csc(C)c2)c1C. The molecule has 0 atom stereocenters. The number of thiophene rings is 1. The summed E-state index contributed by atoms with van der Waals surface area (Å²) < 4.78 is 0. The van der Waals surface area contributed by atoms with Crippen LogP contribution in [0.25, 0.3) is 11.3 Å². The van der Waals surface area contributed by atoms with Crippen LogP contribution >= 0.6 is 11.3 Å². The van der Waals surface area contributed by atoms with Gasteiger partial charge in [0.25, 0.3) is 0 Å². The van der Waals surface area contributed by atoms with Gasteiger partial charge in [-0.25, -0.2) is 9.97 Å². The standard InChI is InChI=1S/C17H25N3S/c1-7-8-18-15-12(3)14(13-9-11(2)21-10-13)19-16(20-15)17(4,5)6/h9-10H,7-8H2,1-6H3,(H,18,19,20). The van der Waals surface area contributed by atoms with Crippen LogP contribution in [-0.2, 0) is 5.41 Å². The molecule has 0 saturated heterocycles. The lowest BCUT2D eigenvalue weighted by Crippen LogP contribution is -2.19. The highest BCUT2D eigenvalue weighted by Crippen LogP contribution is 2.31. The second kappa shape index (κ2) is 6.14. The van der Waals surface area contributed by atoms with E-state index in [-0.39, 0.29) is 5.41 Å². The van der Waals surface area contributed by atoms with Crippen molar-refractivity contribution in [3.8, 4) is 11.3 Å². The van der Waals surface area contributed by atoms with Gasteiger partial charge in [-0.15, -0.1) is 11.3 Å². The average Bonchev–Trinajstić information content (AvgIpc) is 2.82. The van der Waals surface area contributed by atoms with E-state index in [9.17, 15) is 0 Å². The maximum absolute atomic E-state index is 4.85. The minimum Gasteiger partial charge on any atom is -0.370 e. The summed E-state index contributed by atoms with van der Waals surface area (Å²) in [7, 11) is 0. The smallest absolute Gasteiger partial charge is 0.136 e. The van der Waals surface area contributed by atoms with Crippen LogP contribution in [0.15, 0.2) is 11.4 Å². The van der Waals surface area contributed by atoms with E-state index in [0.717, 1.165) is 35.9 Å². The molecule has 2 heterocycles. The number of hydrogen-bond donors (Lipinski definition) is 1. The molecule has 4 heteroatoms. The summed E-state index contributed by atoms with van der Waals surface area (Å²) in [4.78, 5) is 10.9. The van der Waals surface area contributed by atoms with Crippen molar-refractivity contribution in [1.29, 1.82) is 0 Å². The number of hydrogen-bond acceptors (Lipinski definition) is 4. The van der Waals surface area contributed by atoms with Crippen LogP contribution in [0, 0.1) is 13.8 Å². The zero-order valence-electron chi connectivity index (χ0n) is 13.9. The van der Waals surface area contributed by atoms with Crippen molar-refractivity contribution in [2.45, 2.75) is 53.4 Å². The normalized spacial score (nSPS) is 11.7. The van der Waals surface area contributed by atoms with Gasteiger partial charge in [-0.1, -0.05) is 27.7 Å². The van der Waals surface area contributed by atoms with E-state index in [2.05, 4.69) is 58.3 Å². The molecule has 0 unspecified atom stereocenters. The van der Waals surface area contributed by atoms with Crippen molar-refractivity contribution >= 4 is 17.2 Å². The third-order valence-electron chi connectivity index (χ3n) is 3.36. The molecule has 0 saturated carbocycles. The van der Waals surface area contributed by atoms with E-state index in [1.165, 1.54) is 10.4 Å². The lowest BCUT2D eigenvalue weighted by Gasteiger charge is -2.20. The molecular formula is C17H25N3S. The highest BCUT2D eigenvalue weighted by molar-refractivity contribution is 7.10. The highest BCUT2D eigenvalue weighted by Gasteiger charge is 2.21. The first-order valence-electron chi connectivity index (χ1n) is 7.51. The summed E-state index contributed by atoms with van der Waals surface area (Å²) in [6.45, 7) is 13.8. The quantitative estimate of drug-likeness (QED) is 0.869. The van der Waals surface area contributed by atoms with Crippen LogP contribution in [-0.4, -0.2) is 16.5 Å². The molecule has 0 amide bonds. The Hall–Kier alpha value is -1.42. The third kappa shape index (κ3) is 3.62. The number of anilines is 1. The zero-order chi connectivity index (χ0) is 15.6. The molecule has 0 bridgehead atoms. The van der Waals surface area contributed by atoms with Gasteiger partial charge in [0.2, 0.25) is 0 Å². The van der Waals surface area contributed by atoms with Crippen LogP contribution in [0.4, 0.5) is 5.82 Å². The van der Waals surface area contributed by atoms with Gasteiger partial charge in [0.15, 0.2) is 0 Å². The van der Waals surface area contributed by atoms with E-state index in [1.807, 2.05) is 0 Å². The minimum atomic E-state index is -0.0594. The Labute approximate surface area is 131 Å².